The van der Waals surface area contributed by atoms with Crippen molar-refractivity contribution in [2.24, 2.45) is 0 Å². The molecule has 0 spiro atoms. The molecule has 0 saturated heterocycles. The SMILES string of the molecule is COCCNC(=O)C(NC(=O)c1cc(-c2ccc(C)cc2)on1)c1ccccc1. The van der Waals surface area contributed by atoms with Crippen molar-refractivity contribution in [3.05, 3.63) is 77.5 Å². The highest BCUT2D eigenvalue weighted by atomic mass is 16.5. The third-order valence-electron chi connectivity index (χ3n) is 4.35. The molecule has 1 atom stereocenters. The van der Waals surface area contributed by atoms with Gasteiger partial charge in [-0.05, 0) is 12.5 Å². The van der Waals surface area contributed by atoms with E-state index in [1.165, 1.54) is 0 Å². The minimum absolute atomic E-state index is 0.103. The van der Waals surface area contributed by atoms with E-state index in [4.69, 9.17) is 9.26 Å². The van der Waals surface area contributed by atoms with E-state index >= 15 is 0 Å². The minimum Gasteiger partial charge on any atom is -0.383 e. The Bertz CT molecular complexity index is 952. The lowest BCUT2D eigenvalue weighted by molar-refractivity contribution is -0.123. The molecule has 3 aromatic rings. The second-order valence-corrected chi connectivity index (χ2v) is 6.54. The number of ether oxygens (including phenoxy) is 1. The average molecular weight is 393 g/mol. The Morgan fingerprint density at radius 1 is 1.10 bits per heavy atom. The summed E-state index contributed by atoms with van der Waals surface area (Å²) in [4.78, 5) is 25.3. The first kappa shape index (κ1) is 20.3. The number of methoxy groups -OCH3 is 1. The molecule has 0 aliphatic carbocycles. The van der Waals surface area contributed by atoms with Gasteiger partial charge in [-0.3, -0.25) is 9.59 Å². The number of amides is 2. The van der Waals surface area contributed by atoms with Crippen molar-refractivity contribution in [3.63, 3.8) is 0 Å². The number of aryl methyl sites for hydroxylation is 1. The fourth-order valence-electron chi connectivity index (χ4n) is 2.77. The minimum atomic E-state index is -0.861. The summed E-state index contributed by atoms with van der Waals surface area (Å²) in [6, 6.07) is 17.4. The topological polar surface area (TPSA) is 93.5 Å². The Morgan fingerprint density at radius 3 is 2.52 bits per heavy atom. The maximum absolute atomic E-state index is 12.7. The van der Waals surface area contributed by atoms with Crippen LogP contribution in [0, 0.1) is 6.92 Å². The Kier molecular flexibility index (Phi) is 6.76. The van der Waals surface area contributed by atoms with Crippen molar-refractivity contribution in [2.45, 2.75) is 13.0 Å². The highest BCUT2D eigenvalue weighted by molar-refractivity contribution is 5.97. The first-order valence-electron chi connectivity index (χ1n) is 9.24. The number of rotatable bonds is 8. The molecule has 0 radical (unpaired) electrons. The largest absolute Gasteiger partial charge is 0.383 e. The zero-order valence-electron chi connectivity index (χ0n) is 16.3. The van der Waals surface area contributed by atoms with E-state index in [1.807, 2.05) is 49.4 Å². The van der Waals surface area contributed by atoms with Crippen LogP contribution in [0.1, 0.15) is 27.7 Å². The molecule has 0 bridgehead atoms. The van der Waals surface area contributed by atoms with Crippen molar-refractivity contribution in [1.82, 2.24) is 15.8 Å². The number of carbonyl (C=O) groups is 2. The Hall–Kier alpha value is -3.45. The van der Waals surface area contributed by atoms with Crippen molar-refractivity contribution >= 4 is 11.8 Å². The van der Waals surface area contributed by atoms with E-state index < -0.39 is 11.9 Å². The van der Waals surface area contributed by atoms with Crippen molar-refractivity contribution in [3.8, 4) is 11.3 Å². The number of nitrogens with zero attached hydrogens (tertiary/aromatic N) is 1. The van der Waals surface area contributed by atoms with Crippen LogP contribution in [0.5, 0.6) is 0 Å². The smallest absolute Gasteiger partial charge is 0.274 e. The van der Waals surface area contributed by atoms with Gasteiger partial charge in [0.2, 0.25) is 5.91 Å². The van der Waals surface area contributed by atoms with Crippen LogP contribution in [0.3, 0.4) is 0 Å². The zero-order chi connectivity index (χ0) is 20.6. The van der Waals surface area contributed by atoms with Crippen LogP contribution in [0.25, 0.3) is 11.3 Å². The summed E-state index contributed by atoms with van der Waals surface area (Å²) in [7, 11) is 1.55. The van der Waals surface area contributed by atoms with Crippen LogP contribution in [0.4, 0.5) is 0 Å². The molecule has 2 aromatic carbocycles. The van der Waals surface area contributed by atoms with E-state index in [0.717, 1.165) is 11.1 Å². The van der Waals surface area contributed by atoms with E-state index in [0.29, 0.717) is 24.5 Å². The van der Waals surface area contributed by atoms with Crippen molar-refractivity contribution in [1.29, 1.82) is 0 Å². The van der Waals surface area contributed by atoms with Crippen LogP contribution < -0.4 is 10.6 Å². The molecular weight excluding hydrogens is 370 g/mol. The lowest BCUT2D eigenvalue weighted by Gasteiger charge is -2.18. The maximum atomic E-state index is 12.7. The quantitative estimate of drug-likeness (QED) is 0.574. The van der Waals surface area contributed by atoms with Crippen molar-refractivity contribution < 1.29 is 18.8 Å². The number of carbonyl (C=O) groups excluding carboxylic acids is 2. The molecule has 3 rings (SSSR count). The van der Waals surface area contributed by atoms with Gasteiger partial charge in [0.05, 0.1) is 6.61 Å². The highest BCUT2D eigenvalue weighted by Crippen LogP contribution is 2.21. The fraction of sp³-hybridized carbons (Fsp3) is 0.227. The molecule has 0 fully saturated rings. The lowest BCUT2D eigenvalue weighted by atomic mass is 10.1. The lowest BCUT2D eigenvalue weighted by Crippen LogP contribution is -2.41. The van der Waals surface area contributed by atoms with Gasteiger partial charge in [-0.15, -0.1) is 0 Å². The van der Waals surface area contributed by atoms with Gasteiger partial charge in [0.25, 0.3) is 5.91 Å². The van der Waals surface area contributed by atoms with Crippen LogP contribution in [0.2, 0.25) is 0 Å². The van der Waals surface area contributed by atoms with E-state index in [9.17, 15) is 9.59 Å². The molecule has 0 aliphatic rings. The predicted octanol–water partition coefficient (Wildman–Crippen LogP) is 2.88. The molecule has 2 amide bonds. The summed E-state index contributed by atoms with van der Waals surface area (Å²) >= 11 is 0. The first-order chi connectivity index (χ1) is 14.1. The summed E-state index contributed by atoms with van der Waals surface area (Å²) in [5, 5.41) is 9.35. The van der Waals surface area contributed by atoms with Gasteiger partial charge < -0.3 is 19.9 Å². The van der Waals surface area contributed by atoms with Crippen LogP contribution in [-0.2, 0) is 9.53 Å². The van der Waals surface area contributed by atoms with E-state index in [-0.39, 0.29) is 11.6 Å². The second-order valence-electron chi connectivity index (χ2n) is 6.54. The number of benzene rings is 2. The molecule has 150 valence electrons. The van der Waals surface area contributed by atoms with E-state index in [1.54, 1.807) is 25.3 Å². The summed E-state index contributed by atoms with van der Waals surface area (Å²) in [6.07, 6.45) is 0. The summed E-state index contributed by atoms with van der Waals surface area (Å²) in [5.41, 5.74) is 2.71. The Morgan fingerprint density at radius 2 is 1.83 bits per heavy atom. The van der Waals surface area contributed by atoms with Gasteiger partial charge in [0.15, 0.2) is 11.5 Å². The van der Waals surface area contributed by atoms with Crippen molar-refractivity contribution in [2.75, 3.05) is 20.3 Å². The van der Waals surface area contributed by atoms with Crippen LogP contribution in [-0.4, -0.2) is 37.2 Å². The molecular formula is C22H23N3O4. The molecule has 7 nitrogen and oxygen atoms in total. The van der Waals surface area contributed by atoms with Gasteiger partial charge in [0, 0.05) is 25.3 Å². The molecule has 1 unspecified atom stereocenters. The van der Waals surface area contributed by atoms with Gasteiger partial charge >= 0.3 is 0 Å². The third-order valence-corrected chi connectivity index (χ3v) is 4.35. The first-order valence-corrected chi connectivity index (χ1v) is 9.24. The number of hydrogen-bond donors (Lipinski definition) is 2. The maximum Gasteiger partial charge on any atom is 0.274 e. The zero-order valence-corrected chi connectivity index (χ0v) is 16.3. The van der Waals surface area contributed by atoms with Gasteiger partial charge in [-0.25, -0.2) is 0 Å². The predicted molar refractivity (Wildman–Crippen MR) is 108 cm³/mol. The molecule has 1 heterocycles. The van der Waals surface area contributed by atoms with Gasteiger partial charge in [-0.1, -0.05) is 65.3 Å². The molecule has 0 saturated carbocycles. The molecule has 1 aromatic heterocycles. The Balaban J connectivity index is 1.76. The summed E-state index contributed by atoms with van der Waals surface area (Å²) in [5.74, 6) is -0.345. The van der Waals surface area contributed by atoms with Gasteiger partial charge in [0.1, 0.15) is 6.04 Å². The highest BCUT2D eigenvalue weighted by Gasteiger charge is 2.24. The van der Waals surface area contributed by atoms with Crippen LogP contribution >= 0.6 is 0 Å². The molecule has 0 aliphatic heterocycles. The molecule has 2 N–H and O–H groups in total. The molecule has 29 heavy (non-hydrogen) atoms. The summed E-state index contributed by atoms with van der Waals surface area (Å²) < 4.78 is 10.3. The third kappa shape index (κ3) is 5.30. The standard InChI is InChI=1S/C22H23N3O4/c1-15-8-10-16(11-9-15)19-14-18(25-29-19)21(26)24-20(17-6-4-3-5-7-17)22(27)23-12-13-28-2/h3-11,14,20H,12-13H2,1-2H3,(H,23,27)(H,24,26). The van der Waals surface area contributed by atoms with E-state index in [2.05, 4.69) is 15.8 Å². The number of nitrogens with one attached hydrogen (secondary N) is 2. The Labute approximate surface area is 169 Å². The van der Waals surface area contributed by atoms with Gasteiger partial charge in [-0.2, -0.15) is 0 Å². The number of hydrogen-bond acceptors (Lipinski definition) is 5. The number of aromatic nitrogens is 1. The fourth-order valence-corrected chi connectivity index (χ4v) is 2.77. The molecule has 7 heteroatoms. The monoisotopic (exact) mass is 393 g/mol. The van der Waals surface area contributed by atoms with Crippen LogP contribution in [0.15, 0.2) is 65.2 Å². The average Bonchev–Trinajstić information content (AvgIpc) is 3.23. The second kappa shape index (κ2) is 9.66. The normalized spacial score (nSPS) is 11.7. The summed E-state index contributed by atoms with van der Waals surface area (Å²) in [6.45, 7) is 2.71.